The molecule has 1 heterocycles. The molecule has 1 unspecified atom stereocenters. The zero-order chi connectivity index (χ0) is 10.1. The highest BCUT2D eigenvalue weighted by molar-refractivity contribution is 4.83. The molecule has 0 aromatic rings. The van der Waals surface area contributed by atoms with Crippen LogP contribution in [0.25, 0.3) is 0 Å². The molecular formula is C10H21NO2. The van der Waals surface area contributed by atoms with Crippen LogP contribution in [-0.4, -0.2) is 32.1 Å². The normalized spacial score (nSPS) is 28.4. The average Bonchev–Trinajstić information content (AvgIpc) is 2.09. The molecule has 0 saturated carbocycles. The molecule has 1 rings (SSSR count). The van der Waals surface area contributed by atoms with Crippen molar-refractivity contribution in [1.29, 1.82) is 0 Å². The summed E-state index contributed by atoms with van der Waals surface area (Å²) in [6.45, 7) is 9.88. The zero-order valence-electron chi connectivity index (χ0n) is 9.31. The van der Waals surface area contributed by atoms with Crippen LogP contribution in [0, 0.1) is 5.41 Å². The molecular weight excluding hydrogens is 166 g/mol. The first-order valence-corrected chi connectivity index (χ1v) is 4.85. The minimum absolute atomic E-state index is 0.146. The molecule has 0 aromatic carbocycles. The van der Waals surface area contributed by atoms with E-state index in [1.807, 2.05) is 14.0 Å². The lowest BCUT2D eigenvalue weighted by atomic mass is 9.94. The third-order valence-electron chi connectivity index (χ3n) is 2.72. The molecule has 13 heavy (non-hydrogen) atoms. The van der Waals surface area contributed by atoms with E-state index in [1.54, 1.807) is 0 Å². The van der Waals surface area contributed by atoms with Crippen molar-refractivity contribution in [2.45, 2.75) is 39.5 Å². The summed E-state index contributed by atoms with van der Waals surface area (Å²) in [5.74, 6) is -0.468. The van der Waals surface area contributed by atoms with Gasteiger partial charge in [0.05, 0.1) is 19.3 Å². The summed E-state index contributed by atoms with van der Waals surface area (Å²) in [5, 5.41) is 3.15. The Morgan fingerprint density at radius 3 is 2.00 bits per heavy atom. The first-order valence-electron chi connectivity index (χ1n) is 4.85. The monoisotopic (exact) mass is 187 g/mol. The molecule has 1 aliphatic heterocycles. The Morgan fingerprint density at radius 1 is 1.15 bits per heavy atom. The molecule has 0 spiro atoms. The quantitative estimate of drug-likeness (QED) is 0.708. The summed E-state index contributed by atoms with van der Waals surface area (Å²) < 4.78 is 11.5. The van der Waals surface area contributed by atoms with Gasteiger partial charge in [0, 0.05) is 5.41 Å². The molecule has 3 nitrogen and oxygen atoms in total. The van der Waals surface area contributed by atoms with Crippen molar-refractivity contribution in [3.8, 4) is 0 Å². The highest BCUT2D eigenvalue weighted by atomic mass is 16.7. The van der Waals surface area contributed by atoms with Gasteiger partial charge in [0.1, 0.15) is 0 Å². The van der Waals surface area contributed by atoms with Crippen LogP contribution in [-0.2, 0) is 9.47 Å². The molecule has 0 radical (unpaired) electrons. The van der Waals surface area contributed by atoms with E-state index in [0.717, 1.165) is 13.2 Å². The van der Waals surface area contributed by atoms with E-state index >= 15 is 0 Å². The van der Waals surface area contributed by atoms with Crippen LogP contribution in [0.4, 0.5) is 0 Å². The van der Waals surface area contributed by atoms with Gasteiger partial charge in [-0.2, -0.15) is 0 Å². The Labute approximate surface area is 80.8 Å². The predicted octanol–water partition coefficient (Wildman–Crippen LogP) is 1.38. The third kappa shape index (κ3) is 2.42. The van der Waals surface area contributed by atoms with Gasteiger partial charge >= 0.3 is 0 Å². The van der Waals surface area contributed by atoms with E-state index in [4.69, 9.17) is 9.47 Å². The van der Waals surface area contributed by atoms with E-state index in [9.17, 15) is 0 Å². The van der Waals surface area contributed by atoms with Crippen molar-refractivity contribution < 1.29 is 9.47 Å². The lowest BCUT2D eigenvalue weighted by Crippen LogP contribution is -2.55. The van der Waals surface area contributed by atoms with Crippen LogP contribution >= 0.6 is 0 Å². The minimum Gasteiger partial charge on any atom is -0.348 e. The lowest BCUT2D eigenvalue weighted by Gasteiger charge is -2.44. The van der Waals surface area contributed by atoms with Gasteiger partial charge in [-0.3, -0.25) is 0 Å². The average molecular weight is 187 g/mol. The van der Waals surface area contributed by atoms with E-state index in [1.165, 1.54) is 0 Å². The Hall–Kier alpha value is -0.120. The summed E-state index contributed by atoms with van der Waals surface area (Å²) in [6, 6.07) is 0.212. The van der Waals surface area contributed by atoms with Gasteiger partial charge in [0.2, 0.25) is 0 Å². The zero-order valence-corrected chi connectivity index (χ0v) is 9.31. The fourth-order valence-electron chi connectivity index (χ4n) is 1.27. The number of rotatable bonds is 2. The number of hydrogen-bond donors (Lipinski definition) is 1. The van der Waals surface area contributed by atoms with E-state index < -0.39 is 5.79 Å². The number of nitrogens with one attached hydrogen (secondary N) is 1. The van der Waals surface area contributed by atoms with Gasteiger partial charge in [-0.25, -0.2) is 0 Å². The summed E-state index contributed by atoms with van der Waals surface area (Å²) in [7, 11) is 1.92. The first kappa shape index (κ1) is 11.0. The Kier molecular flexibility index (Phi) is 3.00. The summed E-state index contributed by atoms with van der Waals surface area (Å²) in [4.78, 5) is 0. The maximum atomic E-state index is 5.75. The molecule has 78 valence electrons. The molecule has 1 fully saturated rings. The second-order valence-electron chi connectivity index (χ2n) is 4.77. The second-order valence-corrected chi connectivity index (χ2v) is 4.77. The van der Waals surface area contributed by atoms with E-state index in [2.05, 4.69) is 26.1 Å². The molecule has 0 aliphatic carbocycles. The molecule has 3 heteroatoms. The Bertz CT molecular complexity index is 170. The van der Waals surface area contributed by atoms with Crippen LogP contribution in [0.2, 0.25) is 0 Å². The van der Waals surface area contributed by atoms with Crippen molar-refractivity contribution in [2.24, 2.45) is 5.41 Å². The highest BCUT2D eigenvalue weighted by Gasteiger charge is 2.40. The van der Waals surface area contributed by atoms with E-state index in [0.29, 0.717) is 0 Å². The largest absolute Gasteiger partial charge is 0.348 e. The molecule has 0 aromatic heterocycles. The topological polar surface area (TPSA) is 30.5 Å². The smallest absolute Gasteiger partial charge is 0.180 e. The fourth-order valence-corrected chi connectivity index (χ4v) is 1.27. The van der Waals surface area contributed by atoms with Gasteiger partial charge in [-0.15, -0.1) is 0 Å². The molecule has 1 atom stereocenters. The predicted molar refractivity (Wildman–Crippen MR) is 52.6 cm³/mol. The summed E-state index contributed by atoms with van der Waals surface area (Å²) in [5.41, 5.74) is 0.146. The molecule has 0 bridgehead atoms. The second kappa shape index (κ2) is 3.56. The number of hydrogen-bond acceptors (Lipinski definition) is 3. The summed E-state index contributed by atoms with van der Waals surface area (Å²) in [6.07, 6.45) is 0. The molecule has 1 saturated heterocycles. The maximum absolute atomic E-state index is 5.75. The lowest BCUT2D eigenvalue weighted by molar-refractivity contribution is -0.299. The standard InChI is InChI=1S/C10H21NO2/c1-8(11-5)10(4)12-6-9(2,3)7-13-10/h8,11H,6-7H2,1-5H3. The van der Waals surface area contributed by atoms with Gasteiger partial charge in [-0.05, 0) is 20.9 Å². The number of likely N-dealkylation sites (N-methyl/N-ethyl adjacent to an activating group) is 1. The number of ether oxygens (including phenoxy) is 2. The van der Waals surface area contributed by atoms with Gasteiger partial charge in [0.15, 0.2) is 5.79 Å². The van der Waals surface area contributed by atoms with Crippen LogP contribution in [0.5, 0.6) is 0 Å². The maximum Gasteiger partial charge on any atom is 0.180 e. The van der Waals surface area contributed by atoms with Gasteiger partial charge in [-0.1, -0.05) is 13.8 Å². The van der Waals surface area contributed by atoms with Crippen molar-refractivity contribution in [3.05, 3.63) is 0 Å². The van der Waals surface area contributed by atoms with E-state index in [-0.39, 0.29) is 11.5 Å². The minimum atomic E-state index is -0.468. The SMILES string of the molecule is CNC(C)C1(C)OCC(C)(C)CO1. The van der Waals surface area contributed by atoms with Crippen molar-refractivity contribution in [2.75, 3.05) is 20.3 Å². The molecule has 1 N–H and O–H groups in total. The van der Waals surface area contributed by atoms with Crippen molar-refractivity contribution in [1.82, 2.24) is 5.32 Å². The van der Waals surface area contributed by atoms with Crippen LogP contribution in [0.3, 0.4) is 0 Å². The van der Waals surface area contributed by atoms with Crippen LogP contribution in [0.15, 0.2) is 0 Å². The van der Waals surface area contributed by atoms with Gasteiger partial charge < -0.3 is 14.8 Å². The summed E-state index contributed by atoms with van der Waals surface area (Å²) >= 11 is 0. The van der Waals surface area contributed by atoms with Crippen LogP contribution in [0.1, 0.15) is 27.7 Å². The Balaban J connectivity index is 2.56. The fraction of sp³-hybridized carbons (Fsp3) is 1.00. The highest BCUT2D eigenvalue weighted by Crippen LogP contribution is 2.30. The van der Waals surface area contributed by atoms with Crippen molar-refractivity contribution >= 4 is 0 Å². The third-order valence-corrected chi connectivity index (χ3v) is 2.72. The van der Waals surface area contributed by atoms with Crippen molar-refractivity contribution in [3.63, 3.8) is 0 Å². The van der Waals surface area contributed by atoms with Crippen LogP contribution < -0.4 is 5.32 Å². The Morgan fingerprint density at radius 2 is 1.62 bits per heavy atom. The van der Waals surface area contributed by atoms with Gasteiger partial charge in [0.25, 0.3) is 0 Å². The molecule has 1 aliphatic rings. The first-order chi connectivity index (χ1) is 5.90. The molecule has 0 amide bonds.